The predicted molar refractivity (Wildman–Crippen MR) is 107 cm³/mol. The molecule has 3 rings (SSSR count). The van der Waals surface area contributed by atoms with Crippen LogP contribution in [0.1, 0.15) is 28.9 Å². The van der Waals surface area contributed by atoms with Crippen LogP contribution in [0.4, 0.5) is 0 Å². The van der Waals surface area contributed by atoms with Gasteiger partial charge in [-0.15, -0.1) is 0 Å². The summed E-state index contributed by atoms with van der Waals surface area (Å²) in [5, 5.41) is 3.07. The minimum Gasteiger partial charge on any atom is -0.484 e. The summed E-state index contributed by atoms with van der Waals surface area (Å²) in [6, 6.07) is 16.7. The first-order valence-electron chi connectivity index (χ1n) is 9.50. The van der Waals surface area contributed by atoms with Crippen molar-refractivity contribution in [2.45, 2.75) is 13.0 Å². The molecule has 0 saturated carbocycles. The van der Waals surface area contributed by atoms with Crippen molar-refractivity contribution in [1.29, 1.82) is 0 Å². The van der Waals surface area contributed by atoms with Gasteiger partial charge in [0.1, 0.15) is 5.75 Å². The molecular weight excluding hydrogens is 356 g/mol. The minimum atomic E-state index is -0.199. The van der Waals surface area contributed by atoms with Gasteiger partial charge in [0, 0.05) is 25.2 Å². The van der Waals surface area contributed by atoms with Crippen LogP contribution in [-0.4, -0.2) is 56.0 Å². The summed E-state index contributed by atoms with van der Waals surface area (Å²) < 4.78 is 11.0. The largest absolute Gasteiger partial charge is 0.484 e. The third-order valence-electron chi connectivity index (χ3n) is 4.69. The van der Waals surface area contributed by atoms with Crippen molar-refractivity contribution in [3.63, 3.8) is 0 Å². The van der Waals surface area contributed by atoms with Crippen molar-refractivity contribution >= 4 is 11.7 Å². The molecule has 0 bridgehead atoms. The van der Waals surface area contributed by atoms with E-state index in [2.05, 4.69) is 10.2 Å². The molecule has 1 heterocycles. The maximum Gasteiger partial charge on any atom is 0.258 e. The lowest BCUT2D eigenvalue weighted by atomic mass is 10.1. The van der Waals surface area contributed by atoms with Crippen LogP contribution < -0.4 is 10.1 Å². The fourth-order valence-electron chi connectivity index (χ4n) is 3.15. The van der Waals surface area contributed by atoms with E-state index in [0.717, 1.165) is 25.2 Å². The molecule has 1 aliphatic heterocycles. The molecular formula is C22H26N2O4. The third kappa shape index (κ3) is 5.90. The van der Waals surface area contributed by atoms with Crippen molar-refractivity contribution in [3.05, 3.63) is 65.7 Å². The Hall–Kier alpha value is -2.70. The average molecular weight is 382 g/mol. The minimum absolute atomic E-state index is 0.0374. The lowest BCUT2D eigenvalue weighted by molar-refractivity contribution is -0.124. The number of amides is 1. The van der Waals surface area contributed by atoms with Gasteiger partial charge in [-0.2, -0.15) is 0 Å². The lowest BCUT2D eigenvalue weighted by Crippen LogP contribution is -2.44. The highest BCUT2D eigenvalue weighted by atomic mass is 16.5. The highest BCUT2D eigenvalue weighted by Crippen LogP contribution is 2.16. The summed E-state index contributed by atoms with van der Waals surface area (Å²) in [4.78, 5) is 26.3. The van der Waals surface area contributed by atoms with E-state index >= 15 is 0 Å². The smallest absolute Gasteiger partial charge is 0.258 e. The first kappa shape index (κ1) is 20.0. The number of nitrogens with zero attached hydrogens (tertiary/aromatic N) is 1. The van der Waals surface area contributed by atoms with E-state index in [1.54, 1.807) is 24.3 Å². The standard InChI is InChI=1S/C22H26N2O4/c1-17(25)19-8-5-9-20(14-19)28-16-22(26)23-21(18-6-3-2-4-7-18)15-24-10-12-27-13-11-24/h2-9,14,21H,10-13,15-16H2,1H3,(H,23,26). The normalized spacial score (nSPS) is 15.6. The number of hydrogen-bond acceptors (Lipinski definition) is 5. The van der Waals surface area contributed by atoms with E-state index in [1.165, 1.54) is 6.92 Å². The number of ether oxygens (including phenoxy) is 2. The topological polar surface area (TPSA) is 67.9 Å². The highest BCUT2D eigenvalue weighted by Gasteiger charge is 2.20. The zero-order valence-corrected chi connectivity index (χ0v) is 16.1. The Kier molecular flexibility index (Phi) is 7.17. The maximum atomic E-state index is 12.5. The molecule has 0 aliphatic carbocycles. The van der Waals surface area contributed by atoms with E-state index in [1.807, 2.05) is 30.3 Å². The van der Waals surface area contributed by atoms with Crippen LogP contribution in [0.3, 0.4) is 0 Å². The van der Waals surface area contributed by atoms with E-state index in [0.29, 0.717) is 24.5 Å². The number of carbonyl (C=O) groups excluding carboxylic acids is 2. The quantitative estimate of drug-likeness (QED) is 0.711. The fraction of sp³-hybridized carbons (Fsp3) is 0.364. The Morgan fingerprint density at radius 2 is 1.86 bits per heavy atom. The van der Waals surface area contributed by atoms with Gasteiger partial charge >= 0.3 is 0 Å². The van der Waals surface area contributed by atoms with E-state index in [9.17, 15) is 9.59 Å². The first-order valence-corrected chi connectivity index (χ1v) is 9.50. The number of rotatable bonds is 8. The van der Waals surface area contributed by atoms with Crippen molar-refractivity contribution in [3.8, 4) is 5.75 Å². The molecule has 1 unspecified atom stereocenters. The molecule has 1 fully saturated rings. The highest BCUT2D eigenvalue weighted by molar-refractivity contribution is 5.94. The Morgan fingerprint density at radius 3 is 2.57 bits per heavy atom. The zero-order valence-electron chi connectivity index (χ0n) is 16.1. The summed E-state index contributed by atoms with van der Waals surface area (Å²) in [5.41, 5.74) is 1.62. The second-order valence-corrected chi connectivity index (χ2v) is 6.82. The SMILES string of the molecule is CC(=O)c1cccc(OCC(=O)NC(CN2CCOCC2)c2ccccc2)c1. The Labute approximate surface area is 165 Å². The summed E-state index contributed by atoms with van der Waals surface area (Å²) in [7, 11) is 0. The first-order chi connectivity index (χ1) is 13.6. The van der Waals surface area contributed by atoms with E-state index in [-0.39, 0.29) is 24.3 Å². The Balaban J connectivity index is 1.60. The van der Waals surface area contributed by atoms with E-state index in [4.69, 9.17) is 9.47 Å². The molecule has 6 nitrogen and oxygen atoms in total. The van der Waals surface area contributed by atoms with Gasteiger partial charge in [-0.25, -0.2) is 0 Å². The lowest BCUT2D eigenvalue weighted by Gasteiger charge is -2.31. The van der Waals surface area contributed by atoms with Gasteiger partial charge in [0.2, 0.25) is 0 Å². The molecule has 28 heavy (non-hydrogen) atoms. The second-order valence-electron chi connectivity index (χ2n) is 6.82. The Bertz CT molecular complexity index is 788. The number of morpholine rings is 1. The molecule has 1 N–H and O–H groups in total. The van der Waals surface area contributed by atoms with Crippen molar-refractivity contribution < 1.29 is 19.1 Å². The average Bonchev–Trinajstić information content (AvgIpc) is 2.73. The van der Waals surface area contributed by atoms with Gasteiger partial charge in [0.05, 0.1) is 19.3 Å². The molecule has 2 aromatic rings. The van der Waals surface area contributed by atoms with Crippen molar-refractivity contribution in [2.24, 2.45) is 0 Å². The van der Waals surface area contributed by atoms with Crippen LogP contribution in [0.5, 0.6) is 5.75 Å². The van der Waals surface area contributed by atoms with Crippen LogP contribution in [0.25, 0.3) is 0 Å². The molecule has 1 saturated heterocycles. The fourth-order valence-corrected chi connectivity index (χ4v) is 3.15. The molecule has 2 aromatic carbocycles. The van der Waals surface area contributed by atoms with Gasteiger partial charge in [-0.05, 0) is 24.6 Å². The van der Waals surface area contributed by atoms with Gasteiger partial charge in [0.25, 0.3) is 5.91 Å². The summed E-state index contributed by atoms with van der Waals surface area (Å²) >= 11 is 0. The van der Waals surface area contributed by atoms with Crippen LogP contribution in [-0.2, 0) is 9.53 Å². The molecule has 0 spiro atoms. The molecule has 6 heteroatoms. The molecule has 0 aromatic heterocycles. The zero-order chi connectivity index (χ0) is 19.8. The number of Topliss-reactive ketones (excluding diaryl/α,β-unsaturated/α-hetero) is 1. The molecule has 148 valence electrons. The number of ketones is 1. The van der Waals surface area contributed by atoms with Crippen molar-refractivity contribution in [2.75, 3.05) is 39.5 Å². The molecule has 1 aliphatic rings. The molecule has 1 atom stereocenters. The van der Waals surface area contributed by atoms with Gasteiger partial charge < -0.3 is 14.8 Å². The molecule has 1 amide bonds. The van der Waals surface area contributed by atoms with Crippen LogP contribution in [0, 0.1) is 0 Å². The number of hydrogen-bond donors (Lipinski definition) is 1. The summed E-state index contributed by atoms with van der Waals surface area (Å²) in [6.07, 6.45) is 0. The molecule has 0 radical (unpaired) electrons. The summed E-state index contributed by atoms with van der Waals surface area (Å²) in [6.45, 7) is 5.26. The summed E-state index contributed by atoms with van der Waals surface area (Å²) in [5.74, 6) is 0.271. The van der Waals surface area contributed by atoms with Gasteiger partial charge in [-0.3, -0.25) is 14.5 Å². The predicted octanol–water partition coefficient (Wildman–Crippen LogP) is 2.46. The van der Waals surface area contributed by atoms with Crippen LogP contribution in [0.2, 0.25) is 0 Å². The monoisotopic (exact) mass is 382 g/mol. The van der Waals surface area contributed by atoms with Gasteiger partial charge in [-0.1, -0.05) is 42.5 Å². The van der Waals surface area contributed by atoms with E-state index < -0.39 is 0 Å². The number of nitrogens with one attached hydrogen (secondary N) is 1. The Morgan fingerprint density at radius 1 is 1.11 bits per heavy atom. The van der Waals surface area contributed by atoms with Crippen LogP contribution >= 0.6 is 0 Å². The number of benzene rings is 2. The maximum absolute atomic E-state index is 12.5. The number of carbonyl (C=O) groups is 2. The second kappa shape index (κ2) is 10.0. The van der Waals surface area contributed by atoms with Gasteiger partial charge in [0.15, 0.2) is 12.4 Å². The van der Waals surface area contributed by atoms with Crippen molar-refractivity contribution in [1.82, 2.24) is 10.2 Å². The third-order valence-corrected chi connectivity index (χ3v) is 4.69. The van der Waals surface area contributed by atoms with Crippen LogP contribution in [0.15, 0.2) is 54.6 Å².